The first-order valence-corrected chi connectivity index (χ1v) is 6.50. The molecule has 2 nitrogen and oxygen atoms in total. The van der Waals surface area contributed by atoms with Gasteiger partial charge in [-0.3, -0.25) is 0 Å². The van der Waals surface area contributed by atoms with Gasteiger partial charge in [0, 0.05) is 15.6 Å². The molecule has 19 heavy (non-hydrogen) atoms. The maximum atomic E-state index is 8.75. The van der Waals surface area contributed by atoms with Crippen molar-refractivity contribution in [2.24, 2.45) is 0 Å². The zero-order valence-corrected chi connectivity index (χ0v) is 11.9. The van der Waals surface area contributed by atoms with E-state index in [1.54, 1.807) is 36.4 Å². The predicted octanol–water partition coefficient (Wildman–Crippen LogP) is 5.10. The molecule has 2 aromatic rings. The quantitative estimate of drug-likeness (QED) is 0.790. The van der Waals surface area contributed by atoms with Gasteiger partial charge in [-0.05, 0) is 30.3 Å². The first-order valence-electron chi connectivity index (χ1n) is 5.37. The average Bonchev–Trinajstić information content (AvgIpc) is 2.39. The van der Waals surface area contributed by atoms with Crippen molar-refractivity contribution in [1.29, 1.82) is 5.26 Å². The minimum Gasteiger partial charge on any atom is -0.487 e. The van der Waals surface area contributed by atoms with Crippen LogP contribution < -0.4 is 4.74 Å². The Balaban J connectivity index is 2.17. The van der Waals surface area contributed by atoms with E-state index in [1.165, 1.54) is 0 Å². The largest absolute Gasteiger partial charge is 0.487 e. The van der Waals surface area contributed by atoms with E-state index in [2.05, 4.69) is 0 Å². The van der Waals surface area contributed by atoms with Crippen LogP contribution in [0.3, 0.4) is 0 Å². The highest BCUT2D eigenvalue weighted by molar-refractivity contribution is 6.36. The Morgan fingerprint density at radius 1 is 1.00 bits per heavy atom. The molecule has 5 heteroatoms. The molecule has 0 aromatic heterocycles. The molecule has 96 valence electrons. The van der Waals surface area contributed by atoms with Crippen LogP contribution in [0.1, 0.15) is 11.1 Å². The molecule has 0 atom stereocenters. The zero-order chi connectivity index (χ0) is 13.8. The van der Waals surface area contributed by atoms with Crippen LogP contribution in [-0.2, 0) is 6.61 Å². The van der Waals surface area contributed by atoms with Gasteiger partial charge in [-0.2, -0.15) is 5.26 Å². The molecular formula is C14H8Cl3NO. The van der Waals surface area contributed by atoms with Crippen LogP contribution in [-0.4, -0.2) is 0 Å². The molecule has 0 saturated carbocycles. The second-order valence-electron chi connectivity index (χ2n) is 3.75. The van der Waals surface area contributed by atoms with Crippen LogP contribution in [0.5, 0.6) is 5.75 Å². The van der Waals surface area contributed by atoms with Crippen LogP contribution >= 0.6 is 34.8 Å². The molecular weight excluding hydrogens is 305 g/mol. The molecule has 0 spiro atoms. The van der Waals surface area contributed by atoms with Gasteiger partial charge in [0.2, 0.25) is 0 Å². The van der Waals surface area contributed by atoms with Gasteiger partial charge in [0.05, 0.1) is 16.7 Å². The monoisotopic (exact) mass is 311 g/mol. The van der Waals surface area contributed by atoms with Crippen LogP contribution in [0.2, 0.25) is 15.1 Å². The summed E-state index contributed by atoms with van der Waals surface area (Å²) in [6, 6.07) is 12.1. The van der Waals surface area contributed by atoms with Crippen LogP contribution in [0.25, 0.3) is 0 Å². The number of nitrogens with zero attached hydrogens (tertiary/aromatic N) is 1. The summed E-state index contributed by atoms with van der Waals surface area (Å²) in [6.07, 6.45) is 0. The maximum Gasteiger partial charge on any atom is 0.138 e. The van der Waals surface area contributed by atoms with Gasteiger partial charge in [0.1, 0.15) is 12.4 Å². The first-order chi connectivity index (χ1) is 9.11. The van der Waals surface area contributed by atoms with Crippen molar-refractivity contribution in [3.05, 3.63) is 62.6 Å². The van der Waals surface area contributed by atoms with E-state index in [4.69, 9.17) is 44.8 Å². The molecule has 0 aliphatic carbocycles. The third kappa shape index (κ3) is 3.33. The Morgan fingerprint density at radius 3 is 2.26 bits per heavy atom. The molecule has 0 fully saturated rings. The summed E-state index contributed by atoms with van der Waals surface area (Å²) in [5.41, 5.74) is 1.18. The Bertz CT molecular complexity index is 629. The summed E-state index contributed by atoms with van der Waals surface area (Å²) in [5.74, 6) is 0.483. The predicted molar refractivity (Wildman–Crippen MR) is 77.0 cm³/mol. The van der Waals surface area contributed by atoms with Crippen molar-refractivity contribution < 1.29 is 4.74 Å². The van der Waals surface area contributed by atoms with Gasteiger partial charge < -0.3 is 4.74 Å². The topological polar surface area (TPSA) is 33.0 Å². The summed E-state index contributed by atoms with van der Waals surface area (Å²) in [7, 11) is 0. The Kier molecular flexibility index (Phi) is 4.55. The fourth-order valence-corrected chi connectivity index (χ4v) is 2.25. The minimum atomic E-state index is 0.212. The summed E-state index contributed by atoms with van der Waals surface area (Å²) in [6.45, 7) is 0.212. The van der Waals surface area contributed by atoms with E-state index in [-0.39, 0.29) is 6.61 Å². The second-order valence-corrected chi connectivity index (χ2v) is 4.97. The number of hydrogen-bond acceptors (Lipinski definition) is 2. The Labute approximate surface area is 126 Å². The molecule has 0 aliphatic heterocycles. The van der Waals surface area contributed by atoms with Gasteiger partial charge in [0.15, 0.2) is 0 Å². The molecule has 0 aliphatic rings. The second kappa shape index (κ2) is 6.16. The van der Waals surface area contributed by atoms with Crippen molar-refractivity contribution in [1.82, 2.24) is 0 Å². The van der Waals surface area contributed by atoms with Gasteiger partial charge in [0.25, 0.3) is 0 Å². The lowest BCUT2D eigenvalue weighted by Gasteiger charge is -2.10. The average molecular weight is 313 g/mol. The molecule has 0 amide bonds. The molecule has 2 rings (SSSR count). The van der Waals surface area contributed by atoms with Crippen molar-refractivity contribution >= 4 is 34.8 Å². The van der Waals surface area contributed by atoms with Gasteiger partial charge in [-0.25, -0.2) is 0 Å². The summed E-state index contributed by atoms with van der Waals surface area (Å²) >= 11 is 18.1. The number of benzene rings is 2. The highest BCUT2D eigenvalue weighted by Crippen LogP contribution is 2.29. The van der Waals surface area contributed by atoms with E-state index in [1.807, 2.05) is 6.07 Å². The minimum absolute atomic E-state index is 0.212. The van der Waals surface area contributed by atoms with Crippen molar-refractivity contribution in [2.45, 2.75) is 6.61 Å². The molecule has 0 heterocycles. The lowest BCUT2D eigenvalue weighted by molar-refractivity contribution is 0.306. The third-order valence-electron chi connectivity index (χ3n) is 2.49. The van der Waals surface area contributed by atoms with Crippen molar-refractivity contribution in [3.8, 4) is 11.8 Å². The van der Waals surface area contributed by atoms with Crippen molar-refractivity contribution in [2.75, 3.05) is 0 Å². The SMILES string of the molecule is N#Cc1ccc(OCc2c(Cl)cccc2Cl)c(Cl)c1. The van der Waals surface area contributed by atoms with Crippen LogP contribution in [0, 0.1) is 11.3 Å². The third-order valence-corrected chi connectivity index (χ3v) is 3.50. The first kappa shape index (κ1) is 14.0. The van der Waals surface area contributed by atoms with Crippen LogP contribution in [0.15, 0.2) is 36.4 Å². The molecule has 0 bridgehead atoms. The van der Waals surface area contributed by atoms with E-state index < -0.39 is 0 Å². The number of nitriles is 1. The lowest BCUT2D eigenvalue weighted by atomic mass is 10.2. The number of ether oxygens (including phenoxy) is 1. The normalized spacial score (nSPS) is 10.0. The van der Waals surface area contributed by atoms with E-state index >= 15 is 0 Å². The molecule has 0 saturated heterocycles. The molecule has 0 N–H and O–H groups in total. The highest BCUT2D eigenvalue weighted by Gasteiger charge is 2.08. The number of rotatable bonds is 3. The summed E-state index contributed by atoms with van der Waals surface area (Å²) in [4.78, 5) is 0. The Hall–Kier alpha value is -1.40. The zero-order valence-electron chi connectivity index (χ0n) is 9.66. The van der Waals surface area contributed by atoms with Gasteiger partial charge in [-0.15, -0.1) is 0 Å². The smallest absolute Gasteiger partial charge is 0.138 e. The maximum absolute atomic E-state index is 8.75. The number of hydrogen-bond donors (Lipinski definition) is 0. The van der Waals surface area contributed by atoms with Gasteiger partial charge in [-0.1, -0.05) is 40.9 Å². The summed E-state index contributed by atoms with van der Waals surface area (Å²) < 4.78 is 5.57. The van der Waals surface area contributed by atoms with Gasteiger partial charge >= 0.3 is 0 Å². The molecule has 0 unspecified atom stereocenters. The van der Waals surface area contributed by atoms with Crippen molar-refractivity contribution in [3.63, 3.8) is 0 Å². The standard InChI is InChI=1S/C14H8Cl3NO/c15-11-2-1-3-12(16)10(11)8-19-14-5-4-9(7-18)6-13(14)17/h1-6H,8H2. The fraction of sp³-hybridized carbons (Fsp3) is 0.0714. The molecule has 2 aromatic carbocycles. The van der Waals surface area contributed by atoms with E-state index in [0.717, 1.165) is 0 Å². The van der Waals surface area contributed by atoms with E-state index in [9.17, 15) is 0 Å². The van der Waals surface area contributed by atoms with E-state index in [0.29, 0.717) is 31.9 Å². The highest BCUT2D eigenvalue weighted by atomic mass is 35.5. The van der Waals surface area contributed by atoms with Crippen LogP contribution in [0.4, 0.5) is 0 Å². The fourth-order valence-electron chi connectivity index (χ4n) is 1.51. The number of halogens is 3. The molecule has 0 radical (unpaired) electrons. The lowest BCUT2D eigenvalue weighted by Crippen LogP contribution is -1.98. The summed E-state index contributed by atoms with van der Waals surface area (Å²) in [5, 5.41) is 10.2. The Morgan fingerprint density at radius 2 is 1.68 bits per heavy atom.